The topological polar surface area (TPSA) is 59.3 Å². The van der Waals surface area contributed by atoms with Crippen molar-refractivity contribution in [2.75, 3.05) is 5.43 Å². The number of aromatic nitrogens is 2. The second-order valence-corrected chi connectivity index (χ2v) is 7.28. The van der Waals surface area contributed by atoms with Crippen molar-refractivity contribution in [1.29, 1.82) is 0 Å². The van der Waals surface area contributed by atoms with Gasteiger partial charge in [0, 0.05) is 16.9 Å². The highest BCUT2D eigenvalue weighted by atomic mass is 35.5. The fraction of sp³-hybridized carbons (Fsp3) is 0.235. The first kappa shape index (κ1) is 15.4. The number of fused-ring (bicyclic) bond motifs is 3. The van der Waals surface area contributed by atoms with E-state index in [1.54, 1.807) is 36.7 Å². The highest BCUT2D eigenvalue weighted by Crippen LogP contribution is 2.35. The average Bonchev–Trinajstić information content (AvgIpc) is 3.14. The number of nitrogens with zero attached hydrogens (tertiary/aromatic N) is 3. The highest BCUT2D eigenvalue weighted by Gasteiger charge is 2.22. The van der Waals surface area contributed by atoms with E-state index in [2.05, 4.69) is 15.5 Å². The van der Waals surface area contributed by atoms with E-state index in [1.807, 2.05) is 12.1 Å². The van der Waals surface area contributed by atoms with Gasteiger partial charge in [-0.25, -0.2) is 10.4 Å². The maximum atomic E-state index is 12.7. The Labute approximate surface area is 147 Å². The molecule has 0 spiro atoms. The van der Waals surface area contributed by atoms with Crippen molar-refractivity contribution in [2.45, 2.75) is 19.3 Å². The molecule has 1 aliphatic carbocycles. The third-order valence-electron chi connectivity index (χ3n) is 4.19. The van der Waals surface area contributed by atoms with Crippen LogP contribution in [0.5, 0.6) is 0 Å². The summed E-state index contributed by atoms with van der Waals surface area (Å²) in [6, 6.07) is 7.34. The largest absolute Gasteiger partial charge is 0.280 e. The minimum absolute atomic E-state index is 0.0106. The molecule has 0 unspecified atom stereocenters. The Balaban J connectivity index is 1.66. The van der Waals surface area contributed by atoms with Gasteiger partial charge < -0.3 is 0 Å². The molecule has 1 aliphatic rings. The molecule has 7 heteroatoms. The molecule has 2 heterocycles. The summed E-state index contributed by atoms with van der Waals surface area (Å²) in [5.41, 5.74) is 4.96. The van der Waals surface area contributed by atoms with Crippen molar-refractivity contribution >= 4 is 45.3 Å². The van der Waals surface area contributed by atoms with Crippen LogP contribution in [0.3, 0.4) is 0 Å². The molecule has 24 heavy (non-hydrogen) atoms. The minimum atomic E-state index is -0.0106. The molecule has 0 bridgehead atoms. The summed E-state index contributed by atoms with van der Waals surface area (Å²) < 4.78 is 1.52. The van der Waals surface area contributed by atoms with E-state index in [-0.39, 0.29) is 5.56 Å². The lowest BCUT2D eigenvalue weighted by molar-refractivity contribution is 0.845. The fourth-order valence-electron chi connectivity index (χ4n) is 2.94. The number of rotatable bonds is 3. The van der Waals surface area contributed by atoms with E-state index >= 15 is 0 Å². The molecule has 0 aliphatic heterocycles. The summed E-state index contributed by atoms with van der Waals surface area (Å²) in [6.45, 7) is 0. The van der Waals surface area contributed by atoms with Crippen LogP contribution in [0.4, 0.5) is 5.95 Å². The van der Waals surface area contributed by atoms with Gasteiger partial charge >= 0.3 is 0 Å². The van der Waals surface area contributed by atoms with E-state index in [0.717, 1.165) is 35.0 Å². The number of hydrogen-bond donors (Lipinski definition) is 1. The predicted molar refractivity (Wildman–Crippen MR) is 99.6 cm³/mol. The lowest BCUT2D eigenvalue weighted by Crippen LogP contribution is -2.21. The van der Waals surface area contributed by atoms with Gasteiger partial charge in [-0.3, -0.25) is 9.36 Å². The molecule has 4 rings (SSSR count). The number of nitrogens with one attached hydrogen (secondary N) is 1. The lowest BCUT2D eigenvalue weighted by atomic mass is 10.2. The molecule has 0 saturated heterocycles. The van der Waals surface area contributed by atoms with E-state index in [4.69, 9.17) is 11.6 Å². The van der Waals surface area contributed by atoms with Crippen molar-refractivity contribution in [2.24, 2.45) is 12.1 Å². The number of halogens is 1. The van der Waals surface area contributed by atoms with Gasteiger partial charge in [-0.2, -0.15) is 5.10 Å². The number of hydrazone groups is 1. The molecule has 2 aromatic heterocycles. The number of hydrogen-bond acceptors (Lipinski definition) is 5. The summed E-state index contributed by atoms with van der Waals surface area (Å²) in [5, 5.41) is 5.64. The van der Waals surface area contributed by atoms with Crippen molar-refractivity contribution in [3.05, 3.63) is 55.6 Å². The van der Waals surface area contributed by atoms with E-state index in [9.17, 15) is 4.79 Å². The van der Waals surface area contributed by atoms with Gasteiger partial charge in [-0.05, 0) is 42.5 Å². The minimum Gasteiger partial charge on any atom is -0.280 e. The Bertz CT molecular complexity index is 1000. The summed E-state index contributed by atoms with van der Waals surface area (Å²) >= 11 is 7.48. The molecule has 0 radical (unpaired) electrons. The smallest absolute Gasteiger partial charge is 0.263 e. The van der Waals surface area contributed by atoms with Crippen molar-refractivity contribution in [3.63, 3.8) is 0 Å². The summed E-state index contributed by atoms with van der Waals surface area (Å²) in [7, 11) is 1.72. The van der Waals surface area contributed by atoms with Crippen LogP contribution in [0.2, 0.25) is 5.02 Å². The fourth-order valence-corrected chi connectivity index (χ4v) is 4.32. The van der Waals surface area contributed by atoms with Gasteiger partial charge in [0.25, 0.3) is 5.56 Å². The molecule has 1 aromatic carbocycles. The Morgan fingerprint density at radius 2 is 2.12 bits per heavy atom. The third kappa shape index (κ3) is 2.61. The molecule has 3 aromatic rings. The van der Waals surface area contributed by atoms with E-state index in [0.29, 0.717) is 11.0 Å². The van der Waals surface area contributed by atoms with Crippen molar-refractivity contribution < 1.29 is 0 Å². The van der Waals surface area contributed by atoms with Gasteiger partial charge in [-0.1, -0.05) is 23.7 Å². The average molecular weight is 359 g/mol. The molecule has 1 N–H and O–H groups in total. The normalized spacial score (nSPS) is 13.8. The van der Waals surface area contributed by atoms with E-state index in [1.165, 1.54) is 15.0 Å². The maximum Gasteiger partial charge on any atom is 0.263 e. The quantitative estimate of drug-likeness (QED) is 0.575. The Hall–Kier alpha value is -2.18. The Kier molecular flexibility index (Phi) is 3.86. The van der Waals surface area contributed by atoms with Gasteiger partial charge in [0.05, 0.1) is 11.6 Å². The van der Waals surface area contributed by atoms with Crippen LogP contribution in [0.15, 0.2) is 34.2 Å². The first-order chi connectivity index (χ1) is 11.6. The lowest BCUT2D eigenvalue weighted by Gasteiger charge is -2.06. The second-order valence-electron chi connectivity index (χ2n) is 5.76. The second kappa shape index (κ2) is 6.03. The van der Waals surface area contributed by atoms with Crippen molar-refractivity contribution in [1.82, 2.24) is 9.55 Å². The third-order valence-corrected chi connectivity index (χ3v) is 5.63. The molecular weight excluding hydrogens is 344 g/mol. The molecule has 122 valence electrons. The zero-order valence-corrected chi connectivity index (χ0v) is 14.6. The highest BCUT2D eigenvalue weighted by molar-refractivity contribution is 7.18. The van der Waals surface area contributed by atoms with Crippen LogP contribution in [0, 0.1) is 0 Å². The standard InChI is InChI=1S/C17H15ClN4OS/c1-22-16(23)14-12-3-2-4-13(12)24-15(14)20-17(22)21-19-9-10-5-7-11(18)8-6-10/h5-9H,2-4H2,1H3,(H,20,21). The van der Waals surface area contributed by atoms with Crippen LogP contribution in [-0.2, 0) is 19.9 Å². The van der Waals surface area contributed by atoms with Gasteiger partial charge in [0.2, 0.25) is 5.95 Å². The number of thiophene rings is 1. The molecule has 0 fully saturated rings. The Morgan fingerprint density at radius 3 is 2.92 bits per heavy atom. The van der Waals surface area contributed by atoms with Gasteiger partial charge in [0.15, 0.2) is 0 Å². The van der Waals surface area contributed by atoms with Crippen LogP contribution in [0.1, 0.15) is 22.4 Å². The van der Waals surface area contributed by atoms with Crippen LogP contribution in [-0.4, -0.2) is 15.8 Å². The SMILES string of the molecule is Cn1c(NN=Cc2ccc(Cl)cc2)nc2sc3c(c2c1=O)CCC3. The Morgan fingerprint density at radius 1 is 1.33 bits per heavy atom. The predicted octanol–water partition coefficient (Wildman–Crippen LogP) is 3.58. The molecule has 0 saturated carbocycles. The zero-order chi connectivity index (χ0) is 16.7. The maximum absolute atomic E-state index is 12.7. The summed E-state index contributed by atoms with van der Waals surface area (Å²) in [4.78, 5) is 19.3. The molecule has 0 atom stereocenters. The van der Waals surface area contributed by atoms with Gasteiger partial charge in [-0.15, -0.1) is 11.3 Å². The first-order valence-corrected chi connectivity index (χ1v) is 8.89. The first-order valence-electron chi connectivity index (χ1n) is 7.69. The summed E-state index contributed by atoms with van der Waals surface area (Å²) in [5.74, 6) is 0.442. The number of benzene rings is 1. The zero-order valence-electron chi connectivity index (χ0n) is 13.0. The van der Waals surface area contributed by atoms with Gasteiger partial charge in [0.1, 0.15) is 4.83 Å². The van der Waals surface area contributed by atoms with E-state index < -0.39 is 0 Å². The van der Waals surface area contributed by atoms with Crippen LogP contribution >= 0.6 is 22.9 Å². The summed E-state index contributed by atoms with van der Waals surface area (Å²) in [6.07, 6.45) is 4.83. The monoisotopic (exact) mass is 358 g/mol. The molecule has 0 amide bonds. The van der Waals surface area contributed by atoms with Crippen LogP contribution < -0.4 is 11.0 Å². The molecular formula is C17H15ClN4OS. The molecule has 5 nitrogen and oxygen atoms in total. The van der Waals surface area contributed by atoms with Crippen molar-refractivity contribution in [3.8, 4) is 0 Å². The number of anilines is 1. The van der Waals surface area contributed by atoms with Crippen LogP contribution in [0.25, 0.3) is 10.2 Å². The number of aryl methyl sites for hydroxylation is 2.